The molecule has 2 aromatic carbocycles. The topological polar surface area (TPSA) is 49.4 Å². The predicted octanol–water partition coefficient (Wildman–Crippen LogP) is 4.50. The smallest absolute Gasteiger partial charge is 0.261 e. The van der Waals surface area contributed by atoms with Gasteiger partial charge in [-0.3, -0.25) is 4.72 Å². The van der Waals surface area contributed by atoms with Gasteiger partial charge in [-0.25, -0.2) is 8.42 Å². The summed E-state index contributed by atoms with van der Waals surface area (Å²) in [4.78, 5) is 2.66. The SMILES string of the molecule is O=S(=O)(Nc1ccccc1N1CCC2CCCCC2C1)c1ccccc1. The van der Waals surface area contributed by atoms with Crippen molar-refractivity contribution in [2.75, 3.05) is 22.7 Å². The summed E-state index contributed by atoms with van der Waals surface area (Å²) >= 11 is 0. The Hall–Kier alpha value is -2.01. The van der Waals surface area contributed by atoms with Gasteiger partial charge in [0.25, 0.3) is 10.0 Å². The first-order valence-corrected chi connectivity index (χ1v) is 11.0. The van der Waals surface area contributed by atoms with Crippen LogP contribution >= 0.6 is 0 Å². The number of anilines is 2. The second kappa shape index (κ2) is 7.31. The van der Waals surface area contributed by atoms with E-state index in [2.05, 4.69) is 9.62 Å². The van der Waals surface area contributed by atoms with Crippen molar-refractivity contribution in [3.8, 4) is 0 Å². The van der Waals surface area contributed by atoms with E-state index >= 15 is 0 Å². The Morgan fingerprint density at radius 3 is 2.35 bits per heavy atom. The van der Waals surface area contributed by atoms with Crippen molar-refractivity contribution >= 4 is 21.4 Å². The number of sulfonamides is 1. The summed E-state index contributed by atoms with van der Waals surface area (Å²) in [5.74, 6) is 1.60. The van der Waals surface area contributed by atoms with E-state index in [9.17, 15) is 8.42 Å². The summed E-state index contributed by atoms with van der Waals surface area (Å²) in [7, 11) is -3.57. The monoisotopic (exact) mass is 370 g/mol. The fourth-order valence-electron chi connectivity index (χ4n) is 4.46. The van der Waals surface area contributed by atoms with Crippen molar-refractivity contribution in [1.82, 2.24) is 0 Å². The minimum Gasteiger partial charge on any atom is -0.370 e. The average Bonchev–Trinajstić information content (AvgIpc) is 2.68. The molecule has 0 aromatic heterocycles. The molecule has 0 radical (unpaired) electrons. The van der Waals surface area contributed by atoms with Gasteiger partial charge in [0.05, 0.1) is 16.3 Å². The number of fused-ring (bicyclic) bond motifs is 1. The molecule has 0 spiro atoms. The Morgan fingerprint density at radius 1 is 0.846 bits per heavy atom. The van der Waals surface area contributed by atoms with Gasteiger partial charge in [0.2, 0.25) is 0 Å². The van der Waals surface area contributed by atoms with Crippen molar-refractivity contribution in [3.63, 3.8) is 0 Å². The van der Waals surface area contributed by atoms with Gasteiger partial charge in [0.1, 0.15) is 0 Å². The van der Waals surface area contributed by atoms with E-state index in [-0.39, 0.29) is 0 Å². The fraction of sp³-hybridized carbons (Fsp3) is 0.429. The molecule has 2 fully saturated rings. The zero-order valence-electron chi connectivity index (χ0n) is 15.0. The highest BCUT2D eigenvalue weighted by Crippen LogP contribution is 2.39. The minimum absolute atomic E-state index is 0.292. The molecule has 1 heterocycles. The van der Waals surface area contributed by atoms with Gasteiger partial charge >= 0.3 is 0 Å². The summed E-state index contributed by atoms with van der Waals surface area (Å²) in [5.41, 5.74) is 1.67. The molecule has 0 amide bonds. The van der Waals surface area contributed by atoms with Crippen LogP contribution in [0.3, 0.4) is 0 Å². The summed E-state index contributed by atoms with van der Waals surface area (Å²) in [6, 6.07) is 16.3. The lowest BCUT2D eigenvalue weighted by atomic mass is 9.75. The Kier molecular flexibility index (Phi) is 4.90. The summed E-state index contributed by atoms with van der Waals surface area (Å²) in [6.45, 7) is 2.04. The van der Waals surface area contributed by atoms with Gasteiger partial charge < -0.3 is 4.90 Å². The molecule has 2 aliphatic rings. The van der Waals surface area contributed by atoms with E-state index in [4.69, 9.17) is 0 Å². The lowest BCUT2D eigenvalue weighted by molar-refractivity contribution is 0.202. The van der Waals surface area contributed by atoms with Crippen LogP contribution in [0.4, 0.5) is 11.4 Å². The van der Waals surface area contributed by atoms with Crippen molar-refractivity contribution in [2.24, 2.45) is 11.8 Å². The van der Waals surface area contributed by atoms with E-state index < -0.39 is 10.0 Å². The van der Waals surface area contributed by atoms with E-state index in [1.807, 2.05) is 30.3 Å². The maximum Gasteiger partial charge on any atom is 0.261 e. The third-order valence-corrected chi connectivity index (χ3v) is 7.22. The lowest BCUT2D eigenvalue weighted by Crippen LogP contribution is -2.42. The molecule has 0 bridgehead atoms. The highest BCUT2D eigenvalue weighted by Gasteiger charge is 2.32. The van der Waals surface area contributed by atoms with E-state index in [1.54, 1.807) is 24.3 Å². The molecule has 1 saturated carbocycles. The molecule has 138 valence electrons. The molecule has 1 saturated heterocycles. The molecule has 1 aliphatic heterocycles. The molecule has 4 rings (SSSR count). The van der Waals surface area contributed by atoms with Gasteiger partial charge in [-0.2, -0.15) is 0 Å². The first-order chi connectivity index (χ1) is 12.6. The van der Waals surface area contributed by atoms with Crippen LogP contribution in [0, 0.1) is 11.8 Å². The molecule has 4 nitrogen and oxygen atoms in total. The fourth-order valence-corrected chi connectivity index (χ4v) is 5.55. The Bertz CT molecular complexity index is 851. The normalized spacial score (nSPS) is 23.3. The standard InChI is InChI=1S/C21H26N2O2S/c24-26(25,19-10-2-1-3-11-19)22-20-12-6-7-13-21(20)23-15-14-17-8-4-5-9-18(17)16-23/h1-3,6-7,10-13,17-18,22H,4-5,8-9,14-16H2. The highest BCUT2D eigenvalue weighted by atomic mass is 32.2. The zero-order chi connectivity index (χ0) is 18.0. The number of nitrogens with zero attached hydrogens (tertiary/aromatic N) is 1. The first-order valence-electron chi connectivity index (χ1n) is 9.55. The molecular formula is C21H26N2O2S. The van der Waals surface area contributed by atoms with Crippen LogP contribution in [0.2, 0.25) is 0 Å². The predicted molar refractivity (Wildman–Crippen MR) is 106 cm³/mol. The van der Waals surface area contributed by atoms with Crippen molar-refractivity contribution in [1.29, 1.82) is 0 Å². The second-order valence-electron chi connectivity index (χ2n) is 7.48. The number of piperidine rings is 1. The van der Waals surface area contributed by atoms with Crippen LogP contribution in [0.1, 0.15) is 32.1 Å². The van der Waals surface area contributed by atoms with Crippen LogP contribution in [0.5, 0.6) is 0 Å². The number of para-hydroxylation sites is 2. The van der Waals surface area contributed by atoms with Crippen LogP contribution in [-0.4, -0.2) is 21.5 Å². The maximum absolute atomic E-state index is 12.7. The van der Waals surface area contributed by atoms with Gasteiger partial charge in [-0.15, -0.1) is 0 Å². The Labute approximate surface area is 156 Å². The number of hydrogen-bond donors (Lipinski definition) is 1. The molecule has 2 aromatic rings. The minimum atomic E-state index is -3.57. The van der Waals surface area contributed by atoms with Crippen molar-refractivity contribution in [2.45, 2.75) is 37.0 Å². The van der Waals surface area contributed by atoms with Gasteiger partial charge in [0, 0.05) is 13.1 Å². The van der Waals surface area contributed by atoms with E-state index in [0.717, 1.165) is 30.6 Å². The number of hydrogen-bond acceptors (Lipinski definition) is 3. The molecule has 2 atom stereocenters. The molecular weight excluding hydrogens is 344 g/mol. The van der Waals surface area contributed by atoms with Gasteiger partial charge in [0.15, 0.2) is 0 Å². The summed E-state index contributed by atoms with van der Waals surface area (Å²) < 4.78 is 28.3. The number of nitrogens with one attached hydrogen (secondary N) is 1. The third kappa shape index (κ3) is 3.58. The van der Waals surface area contributed by atoms with Crippen LogP contribution < -0.4 is 9.62 Å². The maximum atomic E-state index is 12.7. The Morgan fingerprint density at radius 2 is 1.54 bits per heavy atom. The molecule has 1 N–H and O–H groups in total. The molecule has 26 heavy (non-hydrogen) atoms. The largest absolute Gasteiger partial charge is 0.370 e. The Balaban J connectivity index is 1.57. The molecule has 1 aliphatic carbocycles. The summed E-state index contributed by atoms with van der Waals surface area (Å²) in [5, 5.41) is 0. The van der Waals surface area contributed by atoms with Crippen LogP contribution in [0.15, 0.2) is 59.5 Å². The average molecular weight is 371 g/mol. The zero-order valence-corrected chi connectivity index (χ0v) is 15.8. The second-order valence-corrected chi connectivity index (χ2v) is 9.16. The number of rotatable bonds is 4. The first kappa shape index (κ1) is 17.4. The van der Waals surface area contributed by atoms with Crippen LogP contribution in [-0.2, 0) is 10.0 Å². The summed E-state index contributed by atoms with van der Waals surface area (Å²) in [6.07, 6.45) is 6.58. The van der Waals surface area contributed by atoms with E-state index in [1.165, 1.54) is 32.1 Å². The quantitative estimate of drug-likeness (QED) is 0.862. The highest BCUT2D eigenvalue weighted by molar-refractivity contribution is 7.92. The molecule has 2 unspecified atom stereocenters. The van der Waals surface area contributed by atoms with Crippen molar-refractivity contribution < 1.29 is 8.42 Å². The lowest BCUT2D eigenvalue weighted by Gasteiger charge is -2.42. The van der Waals surface area contributed by atoms with E-state index in [0.29, 0.717) is 10.6 Å². The molecule has 5 heteroatoms. The van der Waals surface area contributed by atoms with Gasteiger partial charge in [-0.05, 0) is 48.9 Å². The van der Waals surface area contributed by atoms with Crippen molar-refractivity contribution in [3.05, 3.63) is 54.6 Å². The third-order valence-electron chi connectivity index (χ3n) is 5.83. The number of benzene rings is 2. The van der Waals surface area contributed by atoms with Gasteiger partial charge in [-0.1, -0.05) is 49.6 Å². The van der Waals surface area contributed by atoms with Crippen LogP contribution in [0.25, 0.3) is 0 Å².